The van der Waals surface area contributed by atoms with E-state index >= 15 is 0 Å². The maximum Gasteiger partial charge on any atom is 0.432 e. The van der Waals surface area contributed by atoms with Crippen molar-refractivity contribution >= 4 is 28.7 Å². The van der Waals surface area contributed by atoms with Gasteiger partial charge in [-0.2, -0.15) is 13.2 Å². The molecule has 172 valence electrons. The zero-order chi connectivity index (χ0) is 24.2. The zero-order valence-electron chi connectivity index (χ0n) is 16.8. The molecule has 1 heterocycles. The summed E-state index contributed by atoms with van der Waals surface area (Å²) in [6.45, 7) is -0.232. The van der Waals surface area contributed by atoms with E-state index in [-0.39, 0.29) is 24.2 Å². The van der Waals surface area contributed by atoms with Crippen molar-refractivity contribution in [3.63, 3.8) is 0 Å². The van der Waals surface area contributed by atoms with Crippen LogP contribution in [0, 0.1) is 17.0 Å². The van der Waals surface area contributed by atoms with E-state index in [9.17, 15) is 26.7 Å². The van der Waals surface area contributed by atoms with Crippen molar-refractivity contribution < 1.29 is 31.9 Å². The van der Waals surface area contributed by atoms with E-state index in [1.807, 2.05) is 0 Å². The van der Waals surface area contributed by atoms with E-state index < -0.39 is 29.5 Å². The molecule has 0 aliphatic carbocycles. The molecule has 3 aromatic rings. The summed E-state index contributed by atoms with van der Waals surface area (Å²) in [6, 6.07) is 12.8. The molecule has 3 N–H and O–H groups in total. The van der Waals surface area contributed by atoms with Gasteiger partial charge in [-0.15, -0.1) is 11.3 Å². The number of allylic oxidation sites excluding steroid dienone is 1. The zero-order valence-corrected chi connectivity index (χ0v) is 17.7. The fourth-order valence-electron chi connectivity index (χ4n) is 2.94. The number of alkyl halides is 3. The van der Waals surface area contributed by atoms with Crippen molar-refractivity contribution in [3.05, 3.63) is 88.3 Å². The smallest absolute Gasteiger partial charge is 0.432 e. The van der Waals surface area contributed by atoms with Crippen LogP contribution >= 0.6 is 11.3 Å². The molecule has 0 bridgehead atoms. The van der Waals surface area contributed by atoms with Gasteiger partial charge in [0.05, 0.1) is 17.0 Å². The second-order valence-corrected chi connectivity index (χ2v) is 8.08. The number of hydrogen-bond acceptors (Lipinski definition) is 4. The first-order chi connectivity index (χ1) is 15.5. The molecule has 0 fully saturated rings. The number of carboxylic acids is 1. The Kier molecular flexibility index (Phi) is 7.27. The number of aliphatic carboxylic acids is 1. The summed E-state index contributed by atoms with van der Waals surface area (Å²) in [4.78, 5) is 12.0. The Bertz CT molecular complexity index is 1220. The highest BCUT2D eigenvalue weighted by Crippen LogP contribution is 2.32. The number of thiophene rings is 1. The highest BCUT2D eigenvalue weighted by molar-refractivity contribution is 7.16. The summed E-state index contributed by atoms with van der Waals surface area (Å²) >= 11 is 1.12. The fourth-order valence-corrected chi connectivity index (χ4v) is 3.93. The molecule has 0 aliphatic rings. The Balaban J connectivity index is 1.91. The van der Waals surface area contributed by atoms with Crippen molar-refractivity contribution in [2.24, 2.45) is 0 Å². The third-order valence-corrected chi connectivity index (χ3v) is 5.68. The molecule has 0 saturated carbocycles. The van der Waals surface area contributed by atoms with Gasteiger partial charge in [0.15, 0.2) is 0 Å². The van der Waals surface area contributed by atoms with Gasteiger partial charge in [-0.3, -0.25) is 10.2 Å². The summed E-state index contributed by atoms with van der Waals surface area (Å²) in [6.07, 6.45) is -4.44. The van der Waals surface area contributed by atoms with Crippen molar-refractivity contribution in [2.45, 2.75) is 19.1 Å². The SMILES string of the molecule is N=C(/C=C(\NCc1ccc(F)cc1F)c1ccc(-c2cccc(CC(=O)O)c2)s1)C(F)(F)F. The summed E-state index contributed by atoms with van der Waals surface area (Å²) < 4.78 is 66.0. The number of carbonyl (C=O) groups is 1. The van der Waals surface area contributed by atoms with Crippen LogP contribution in [0.4, 0.5) is 22.0 Å². The third kappa shape index (κ3) is 6.48. The van der Waals surface area contributed by atoms with Crippen molar-refractivity contribution in [3.8, 4) is 10.4 Å². The first-order valence-corrected chi connectivity index (χ1v) is 10.3. The van der Waals surface area contributed by atoms with Crippen LogP contribution in [0.3, 0.4) is 0 Å². The predicted octanol–water partition coefficient (Wildman–Crippen LogP) is 6.03. The lowest BCUT2D eigenvalue weighted by molar-refractivity contribution is -0.136. The van der Waals surface area contributed by atoms with Crippen LogP contribution in [0.1, 0.15) is 16.0 Å². The second kappa shape index (κ2) is 9.95. The van der Waals surface area contributed by atoms with E-state index in [1.165, 1.54) is 6.07 Å². The van der Waals surface area contributed by atoms with Crippen LogP contribution in [0.2, 0.25) is 0 Å². The molecular formula is C23H17F5N2O2S. The van der Waals surface area contributed by atoms with Gasteiger partial charge < -0.3 is 10.4 Å². The molecule has 1 aromatic heterocycles. The van der Waals surface area contributed by atoms with E-state index in [2.05, 4.69) is 5.32 Å². The first kappa shape index (κ1) is 24.1. The molecule has 0 aliphatic heterocycles. The summed E-state index contributed by atoms with van der Waals surface area (Å²) in [5.41, 5.74) is -0.365. The van der Waals surface area contributed by atoms with Crippen molar-refractivity contribution in [2.75, 3.05) is 0 Å². The average molecular weight is 480 g/mol. The van der Waals surface area contributed by atoms with Crippen LogP contribution in [-0.2, 0) is 17.8 Å². The lowest BCUT2D eigenvalue weighted by atomic mass is 10.1. The molecule has 0 saturated heterocycles. The maximum absolute atomic E-state index is 13.9. The van der Waals surface area contributed by atoms with Gasteiger partial charge in [0, 0.05) is 23.1 Å². The number of rotatable bonds is 8. The van der Waals surface area contributed by atoms with E-state index in [0.29, 0.717) is 33.0 Å². The van der Waals surface area contributed by atoms with Crippen LogP contribution < -0.4 is 5.32 Å². The quantitative estimate of drug-likeness (QED) is 0.272. The minimum absolute atomic E-state index is 0.0407. The topological polar surface area (TPSA) is 73.2 Å². The highest BCUT2D eigenvalue weighted by Gasteiger charge is 2.33. The normalized spacial score (nSPS) is 12.0. The number of carboxylic acid groups (broad SMARTS) is 1. The molecule has 0 unspecified atom stereocenters. The molecule has 33 heavy (non-hydrogen) atoms. The minimum atomic E-state index is -4.88. The number of nitrogens with one attached hydrogen (secondary N) is 2. The number of benzene rings is 2. The second-order valence-electron chi connectivity index (χ2n) is 6.99. The average Bonchev–Trinajstić information content (AvgIpc) is 3.21. The van der Waals surface area contributed by atoms with Crippen molar-refractivity contribution in [1.29, 1.82) is 5.41 Å². The minimum Gasteiger partial charge on any atom is -0.481 e. The maximum atomic E-state index is 13.9. The molecule has 10 heteroatoms. The Morgan fingerprint density at radius 3 is 2.52 bits per heavy atom. The largest absolute Gasteiger partial charge is 0.481 e. The van der Waals surface area contributed by atoms with E-state index in [4.69, 9.17) is 10.5 Å². The van der Waals surface area contributed by atoms with E-state index in [0.717, 1.165) is 17.4 Å². The van der Waals surface area contributed by atoms with Gasteiger partial charge in [0.2, 0.25) is 0 Å². The molecule has 0 spiro atoms. The standard InChI is InChI=1S/C23H17F5N2O2S/c24-16-5-4-15(17(25)10-16)12-30-18(11-21(29)23(26,27)28)20-7-6-19(33-20)14-3-1-2-13(8-14)9-22(31)32/h1-8,10-11,29-30H,9,12H2,(H,31,32)/b18-11-,29-21?. The fraction of sp³-hybridized carbons (Fsp3) is 0.130. The lowest BCUT2D eigenvalue weighted by Gasteiger charge is -2.12. The molecule has 3 rings (SSSR count). The molecule has 4 nitrogen and oxygen atoms in total. The highest BCUT2D eigenvalue weighted by atomic mass is 32.1. The van der Waals surface area contributed by atoms with Gasteiger partial charge in [-0.1, -0.05) is 24.3 Å². The third-order valence-electron chi connectivity index (χ3n) is 4.52. The van der Waals surface area contributed by atoms with Gasteiger partial charge in [0.1, 0.15) is 17.3 Å². The molecular weight excluding hydrogens is 463 g/mol. The molecule has 2 aromatic carbocycles. The van der Waals surface area contributed by atoms with Crippen LogP contribution in [0.15, 0.2) is 60.7 Å². The Morgan fingerprint density at radius 1 is 1.09 bits per heavy atom. The Morgan fingerprint density at radius 2 is 1.85 bits per heavy atom. The summed E-state index contributed by atoms with van der Waals surface area (Å²) in [5.74, 6) is -2.62. The molecule has 0 amide bonds. The summed E-state index contributed by atoms with van der Waals surface area (Å²) in [7, 11) is 0. The lowest BCUT2D eigenvalue weighted by Crippen LogP contribution is -2.22. The summed E-state index contributed by atoms with van der Waals surface area (Å²) in [5, 5.41) is 19.0. The molecule has 0 atom stereocenters. The van der Waals surface area contributed by atoms with E-state index in [1.54, 1.807) is 36.4 Å². The van der Waals surface area contributed by atoms with Crippen molar-refractivity contribution in [1.82, 2.24) is 5.32 Å². The van der Waals surface area contributed by atoms with Crippen LogP contribution in [0.25, 0.3) is 16.1 Å². The predicted molar refractivity (Wildman–Crippen MR) is 116 cm³/mol. The van der Waals surface area contributed by atoms with Crippen LogP contribution in [0.5, 0.6) is 0 Å². The Hall–Kier alpha value is -3.53. The number of hydrogen-bond donors (Lipinski definition) is 3. The Labute approximate surface area is 189 Å². The van der Waals surface area contributed by atoms with Gasteiger partial charge in [-0.25, -0.2) is 8.78 Å². The van der Waals surface area contributed by atoms with Gasteiger partial charge in [0.25, 0.3) is 0 Å². The van der Waals surface area contributed by atoms with Gasteiger partial charge >= 0.3 is 12.1 Å². The first-order valence-electron chi connectivity index (χ1n) is 9.49. The molecule has 0 radical (unpaired) electrons. The van der Waals surface area contributed by atoms with Gasteiger partial charge in [-0.05, 0) is 41.5 Å². The monoisotopic (exact) mass is 480 g/mol. The van der Waals surface area contributed by atoms with Crippen LogP contribution in [-0.4, -0.2) is 23.0 Å². The number of halogens is 5.